The molecule has 0 aromatic rings. The molecular weight excluding hydrogens is 274 g/mol. The van der Waals surface area contributed by atoms with E-state index in [1.165, 1.54) is 0 Å². The van der Waals surface area contributed by atoms with E-state index in [9.17, 15) is 4.21 Å². The Labute approximate surface area is 125 Å². The first-order valence-electron chi connectivity index (χ1n) is 7.54. The predicted octanol–water partition coefficient (Wildman–Crippen LogP) is 1.27. The molecule has 2 N–H and O–H groups in total. The van der Waals surface area contributed by atoms with Crippen molar-refractivity contribution in [2.75, 3.05) is 33.1 Å². The summed E-state index contributed by atoms with van der Waals surface area (Å²) in [6, 6.07) is 0.387. The minimum absolute atomic E-state index is 0.345. The molecule has 1 aliphatic rings. The van der Waals surface area contributed by atoms with E-state index in [0.717, 1.165) is 57.0 Å². The molecule has 0 amide bonds. The van der Waals surface area contributed by atoms with Crippen molar-refractivity contribution in [1.82, 2.24) is 10.6 Å². The van der Waals surface area contributed by atoms with Gasteiger partial charge in [-0.15, -0.1) is 0 Å². The predicted molar refractivity (Wildman–Crippen MR) is 85.7 cm³/mol. The van der Waals surface area contributed by atoms with E-state index < -0.39 is 10.8 Å². The summed E-state index contributed by atoms with van der Waals surface area (Å²) in [4.78, 5) is 4.25. The summed E-state index contributed by atoms with van der Waals surface area (Å²) in [5.74, 6) is 1.61. The Kier molecular flexibility index (Phi) is 8.85. The first kappa shape index (κ1) is 17.4. The minimum atomic E-state index is -0.676. The number of nitrogens with one attached hydrogen (secondary N) is 2. The second kappa shape index (κ2) is 10.2. The summed E-state index contributed by atoms with van der Waals surface area (Å²) in [6.45, 7) is 3.61. The number of guanidine groups is 1. The fourth-order valence-corrected chi connectivity index (χ4v) is 3.91. The molecule has 0 heterocycles. The van der Waals surface area contributed by atoms with E-state index in [0.29, 0.717) is 11.3 Å². The van der Waals surface area contributed by atoms with Crippen molar-refractivity contribution in [3.05, 3.63) is 0 Å². The van der Waals surface area contributed by atoms with Gasteiger partial charge in [0.1, 0.15) is 0 Å². The molecule has 1 aliphatic carbocycles. The SMILES string of the molecule is CCS(=O)C1CCCC(NC(=NC)NCCCOC)C1. The summed E-state index contributed by atoms with van der Waals surface area (Å²) < 4.78 is 17.0. The summed E-state index contributed by atoms with van der Waals surface area (Å²) >= 11 is 0. The van der Waals surface area contributed by atoms with E-state index in [1.54, 1.807) is 14.2 Å². The third kappa shape index (κ3) is 6.22. The Balaban J connectivity index is 2.35. The van der Waals surface area contributed by atoms with Crippen LogP contribution in [0.1, 0.15) is 39.0 Å². The van der Waals surface area contributed by atoms with Gasteiger partial charge in [-0.05, 0) is 25.7 Å². The average molecular weight is 303 g/mol. The van der Waals surface area contributed by atoms with Crippen LogP contribution in [0.3, 0.4) is 0 Å². The van der Waals surface area contributed by atoms with Crippen molar-refractivity contribution in [2.24, 2.45) is 4.99 Å². The van der Waals surface area contributed by atoms with Crippen LogP contribution in [0.2, 0.25) is 0 Å². The van der Waals surface area contributed by atoms with E-state index in [4.69, 9.17) is 4.74 Å². The van der Waals surface area contributed by atoms with Crippen LogP contribution in [0.4, 0.5) is 0 Å². The van der Waals surface area contributed by atoms with Crippen molar-refractivity contribution < 1.29 is 8.95 Å². The van der Waals surface area contributed by atoms with Gasteiger partial charge in [0.25, 0.3) is 0 Å². The van der Waals surface area contributed by atoms with Crippen LogP contribution in [-0.4, -0.2) is 54.5 Å². The standard InChI is InChI=1S/C14H29N3O2S/c1-4-20(18)13-8-5-7-12(11-13)17-14(15-2)16-9-6-10-19-3/h12-13H,4-11H2,1-3H3,(H2,15,16,17). The van der Waals surface area contributed by atoms with Crippen molar-refractivity contribution in [3.8, 4) is 0 Å². The normalized spacial score (nSPS) is 25.2. The molecule has 0 saturated heterocycles. The number of nitrogens with zero attached hydrogens (tertiary/aromatic N) is 1. The summed E-state index contributed by atoms with van der Waals surface area (Å²) in [5, 5.41) is 7.09. The van der Waals surface area contributed by atoms with E-state index >= 15 is 0 Å². The molecule has 3 atom stereocenters. The first-order chi connectivity index (χ1) is 9.71. The summed E-state index contributed by atoms with van der Waals surface area (Å²) in [7, 11) is 2.82. The van der Waals surface area contributed by atoms with Gasteiger partial charge in [-0.25, -0.2) is 0 Å². The van der Waals surface area contributed by atoms with Crippen molar-refractivity contribution >= 4 is 16.8 Å². The number of ether oxygens (including phenoxy) is 1. The molecule has 3 unspecified atom stereocenters. The summed E-state index contributed by atoms with van der Waals surface area (Å²) in [6.07, 6.45) is 5.33. The highest BCUT2D eigenvalue weighted by molar-refractivity contribution is 7.85. The molecule has 1 saturated carbocycles. The first-order valence-corrected chi connectivity index (χ1v) is 8.92. The van der Waals surface area contributed by atoms with E-state index in [1.807, 2.05) is 6.92 Å². The van der Waals surface area contributed by atoms with Crippen LogP contribution in [0.15, 0.2) is 4.99 Å². The quantitative estimate of drug-likeness (QED) is 0.422. The van der Waals surface area contributed by atoms with Gasteiger partial charge >= 0.3 is 0 Å². The lowest BCUT2D eigenvalue weighted by Crippen LogP contribution is -2.46. The fourth-order valence-electron chi connectivity index (χ4n) is 2.56. The Hall–Kier alpha value is -0.620. The van der Waals surface area contributed by atoms with Crippen LogP contribution < -0.4 is 10.6 Å². The number of aliphatic imine (C=N–C) groups is 1. The lowest BCUT2D eigenvalue weighted by atomic mass is 9.95. The zero-order valence-corrected chi connectivity index (χ0v) is 13.8. The number of hydrogen-bond acceptors (Lipinski definition) is 3. The van der Waals surface area contributed by atoms with Crippen molar-refractivity contribution in [1.29, 1.82) is 0 Å². The van der Waals surface area contributed by atoms with Crippen LogP contribution in [0.25, 0.3) is 0 Å². The summed E-state index contributed by atoms with van der Waals surface area (Å²) in [5.41, 5.74) is 0. The Morgan fingerprint density at radius 3 is 2.90 bits per heavy atom. The van der Waals surface area contributed by atoms with Gasteiger partial charge in [0.05, 0.1) is 0 Å². The fraction of sp³-hybridized carbons (Fsp3) is 0.929. The largest absolute Gasteiger partial charge is 0.385 e. The second-order valence-electron chi connectivity index (χ2n) is 5.14. The van der Waals surface area contributed by atoms with Crippen LogP contribution in [0, 0.1) is 0 Å². The van der Waals surface area contributed by atoms with Gasteiger partial charge in [-0.2, -0.15) is 0 Å². The molecule has 0 bridgehead atoms. The molecule has 0 radical (unpaired) electrons. The molecule has 5 nitrogen and oxygen atoms in total. The van der Waals surface area contributed by atoms with Crippen LogP contribution in [0.5, 0.6) is 0 Å². The molecule has 1 rings (SSSR count). The lowest BCUT2D eigenvalue weighted by molar-refractivity contribution is 0.195. The van der Waals surface area contributed by atoms with Crippen molar-refractivity contribution in [2.45, 2.75) is 50.3 Å². The monoisotopic (exact) mass is 303 g/mol. The highest BCUT2D eigenvalue weighted by Gasteiger charge is 2.25. The highest BCUT2D eigenvalue weighted by Crippen LogP contribution is 2.22. The maximum absolute atomic E-state index is 11.9. The van der Waals surface area contributed by atoms with Gasteiger partial charge < -0.3 is 15.4 Å². The molecule has 0 aliphatic heterocycles. The smallest absolute Gasteiger partial charge is 0.191 e. The minimum Gasteiger partial charge on any atom is -0.385 e. The van der Waals surface area contributed by atoms with Gasteiger partial charge in [0.15, 0.2) is 5.96 Å². The van der Waals surface area contributed by atoms with E-state index in [2.05, 4.69) is 15.6 Å². The van der Waals surface area contributed by atoms with Gasteiger partial charge in [0.2, 0.25) is 0 Å². The van der Waals surface area contributed by atoms with Crippen LogP contribution >= 0.6 is 0 Å². The molecule has 0 spiro atoms. The molecule has 20 heavy (non-hydrogen) atoms. The maximum atomic E-state index is 11.9. The molecule has 6 heteroatoms. The molecule has 118 valence electrons. The molecular formula is C14H29N3O2S. The second-order valence-corrected chi connectivity index (χ2v) is 7.15. The third-order valence-corrected chi connectivity index (χ3v) is 5.41. The maximum Gasteiger partial charge on any atom is 0.191 e. The molecule has 0 aromatic carbocycles. The number of methoxy groups -OCH3 is 1. The third-order valence-electron chi connectivity index (χ3n) is 3.66. The van der Waals surface area contributed by atoms with E-state index in [-0.39, 0.29) is 0 Å². The van der Waals surface area contributed by atoms with Crippen LogP contribution in [-0.2, 0) is 15.5 Å². The number of hydrogen-bond donors (Lipinski definition) is 2. The highest BCUT2D eigenvalue weighted by atomic mass is 32.2. The van der Waals surface area contributed by atoms with Gasteiger partial charge in [-0.3, -0.25) is 9.20 Å². The lowest BCUT2D eigenvalue weighted by Gasteiger charge is -2.30. The average Bonchev–Trinajstić information content (AvgIpc) is 2.49. The Bertz CT molecular complexity index is 324. The molecule has 1 fully saturated rings. The molecule has 0 aromatic heterocycles. The Morgan fingerprint density at radius 2 is 2.25 bits per heavy atom. The zero-order chi connectivity index (χ0) is 14.8. The number of rotatable bonds is 7. The van der Waals surface area contributed by atoms with Gasteiger partial charge in [-0.1, -0.05) is 13.3 Å². The topological polar surface area (TPSA) is 62.7 Å². The Morgan fingerprint density at radius 1 is 1.45 bits per heavy atom. The van der Waals surface area contributed by atoms with Gasteiger partial charge in [0, 0.05) is 55.2 Å². The van der Waals surface area contributed by atoms with Crippen molar-refractivity contribution in [3.63, 3.8) is 0 Å². The zero-order valence-electron chi connectivity index (χ0n) is 13.0.